The number of rotatable bonds is 9. The molecule has 0 bridgehead atoms. The molecule has 0 aliphatic rings. The lowest BCUT2D eigenvalue weighted by Crippen LogP contribution is -2.28. The van der Waals surface area contributed by atoms with Crippen molar-refractivity contribution in [3.8, 4) is 5.75 Å². The number of nitrogens with two attached hydrogens (primary N) is 1. The van der Waals surface area contributed by atoms with E-state index in [1.165, 1.54) is 11.0 Å². The Labute approximate surface area is 190 Å². The number of nitrogens with one attached hydrogen (secondary N) is 1. The molecule has 0 aliphatic heterocycles. The highest BCUT2D eigenvalue weighted by atomic mass is 16.3. The number of aromatic hydroxyl groups is 1. The van der Waals surface area contributed by atoms with Crippen LogP contribution in [0.1, 0.15) is 67.0 Å². The van der Waals surface area contributed by atoms with E-state index in [1.807, 2.05) is 20.8 Å². The van der Waals surface area contributed by atoms with Gasteiger partial charge in [0.25, 0.3) is 5.91 Å². The summed E-state index contributed by atoms with van der Waals surface area (Å²) in [5.41, 5.74) is 7.79. The van der Waals surface area contributed by atoms with Crippen LogP contribution in [0.3, 0.4) is 0 Å². The maximum absolute atomic E-state index is 12.2. The maximum atomic E-state index is 12.2. The summed E-state index contributed by atoms with van der Waals surface area (Å²) < 4.78 is 5.96. The summed E-state index contributed by atoms with van der Waals surface area (Å²) in [6.07, 6.45) is 1.61. The van der Waals surface area contributed by atoms with Gasteiger partial charge in [0.2, 0.25) is 0 Å². The van der Waals surface area contributed by atoms with Crippen molar-refractivity contribution < 1.29 is 14.3 Å². The molecule has 2 aromatic rings. The quantitative estimate of drug-likeness (QED) is 0.368. The number of aryl methyl sites for hydroxylation is 2. The van der Waals surface area contributed by atoms with E-state index in [0.717, 1.165) is 29.9 Å². The second-order valence-corrected chi connectivity index (χ2v) is 9.00. The van der Waals surface area contributed by atoms with Crippen molar-refractivity contribution in [2.45, 2.75) is 53.4 Å². The van der Waals surface area contributed by atoms with Crippen molar-refractivity contribution in [1.29, 1.82) is 5.41 Å². The topological polar surface area (TPSA) is 116 Å². The molecule has 0 saturated heterocycles. The number of amides is 1. The van der Waals surface area contributed by atoms with Crippen LogP contribution in [0.4, 0.5) is 5.69 Å². The fraction of sp³-hybridized carbons (Fsp3) is 0.480. The highest BCUT2D eigenvalue weighted by Gasteiger charge is 2.23. The molecule has 0 radical (unpaired) electrons. The van der Waals surface area contributed by atoms with Crippen LogP contribution >= 0.6 is 0 Å². The van der Waals surface area contributed by atoms with Gasteiger partial charge in [0.15, 0.2) is 5.75 Å². The molecular weight excluding hydrogens is 404 g/mol. The minimum absolute atomic E-state index is 0.0352. The van der Waals surface area contributed by atoms with Gasteiger partial charge in [-0.15, -0.1) is 0 Å². The fourth-order valence-electron chi connectivity index (χ4n) is 3.64. The molecule has 7 heteroatoms. The molecule has 0 saturated carbocycles. The minimum atomic E-state index is -0.329. The summed E-state index contributed by atoms with van der Waals surface area (Å²) in [6.45, 7) is 10.3. The number of nitrogens with zero attached hydrogens (tertiary/aromatic N) is 2. The number of hydrogen-bond acceptors (Lipinski definition) is 5. The van der Waals surface area contributed by atoms with Crippen LogP contribution in [-0.2, 0) is 0 Å². The molecule has 174 valence electrons. The van der Waals surface area contributed by atoms with E-state index in [2.05, 4.69) is 24.9 Å². The Balaban J connectivity index is 2.14. The van der Waals surface area contributed by atoms with Crippen LogP contribution in [0, 0.1) is 31.1 Å². The molecule has 2 atom stereocenters. The number of carbonyl (C=O) groups is 1. The summed E-state index contributed by atoms with van der Waals surface area (Å²) in [7, 11) is 3.22. The SMILES string of the molecule is Cc1cc([C@H](CCC(C)C(=N)C(N)=Nc2cccc(C(=O)N(C)C)c2O)C(C)C)oc1C. The number of phenols is 1. The number of hydrogen-bond donors (Lipinski definition) is 3. The van der Waals surface area contributed by atoms with Crippen LogP contribution < -0.4 is 5.73 Å². The van der Waals surface area contributed by atoms with Crippen LogP contribution in [0.2, 0.25) is 0 Å². The standard InChI is InChI=1S/C25H36N4O3/c1-14(2)18(21-13-16(4)17(5)32-21)12-11-15(3)22(26)24(27)28-20-10-8-9-19(23(20)30)25(31)29(6)7/h8-10,13-15,18,26,30H,11-12H2,1-7H3,(H2,27,28)/t15?,18-/m1/s1. The third kappa shape index (κ3) is 5.78. The van der Waals surface area contributed by atoms with E-state index in [4.69, 9.17) is 15.6 Å². The third-order valence-electron chi connectivity index (χ3n) is 5.93. The monoisotopic (exact) mass is 440 g/mol. The van der Waals surface area contributed by atoms with Crippen molar-refractivity contribution in [2.75, 3.05) is 14.1 Å². The number of carbonyl (C=O) groups excluding carboxylic acids is 1. The number of phenolic OH excluding ortho intramolecular Hbond substituents is 1. The number of amidine groups is 1. The van der Waals surface area contributed by atoms with Gasteiger partial charge in [-0.2, -0.15) is 0 Å². The lowest BCUT2D eigenvalue weighted by atomic mass is 9.85. The van der Waals surface area contributed by atoms with Gasteiger partial charge in [-0.25, -0.2) is 4.99 Å². The van der Waals surface area contributed by atoms with Gasteiger partial charge in [0, 0.05) is 25.9 Å². The zero-order chi connectivity index (χ0) is 24.2. The second-order valence-electron chi connectivity index (χ2n) is 9.00. The summed E-state index contributed by atoms with van der Waals surface area (Å²) in [5.74, 6) is 1.94. The predicted molar refractivity (Wildman–Crippen MR) is 129 cm³/mol. The van der Waals surface area contributed by atoms with E-state index < -0.39 is 0 Å². The van der Waals surface area contributed by atoms with Gasteiger partial charge in [0.05, 0.1) is 11.3 Å². The first-order valence-corrected chi connectivity index (χ1v) is 11.0. The zero-order valence-corrected chi connectivity index (χ0v) is 20.2. The van der Waals surface area contributed by atoms with Gasteiger partial charge < -0.3 is 25.6 Å². The Hall–Kier alpha value is -3.09. The summed E-state index contributed by atoms with van der Waals surface area (Å²) >= 11 is 0. The first-order chi connectivity index (χ1) is 14.9. The summed E-state index contributed by atoms with van der Waals surface area (Å²) in [5, 5.41) is 19.0. The number of para-hydroxylation sites is 1. The number of benzene rings is 1. The molecule has 1 heterocycles. The van der Waals surface area contributed by atoms with E-state index >= 15 is 0 Å². The van der Waals surface area contributed by atoms with Gasteiger partial charge in [0.1, 0.15) is 23.0 Å². The van der Waals surface area contributed by atoms with Crippen molar-refractivity contribution >= 4 is 23.1 Å². The highest BCUT2D eigenvalue weighted by Crippen LogP contribution is 2.34. The van der Waals surface area contributed by atoms with Gasteiger partial charge in [-0.3, -0.25) is 4.79 Å². The minimum Gasteiger partial charge on any atom is -0.505 e. The molecule has 1 aromatic heterocycles. The molecule has 1 amide bonds. The predicted octanol–water partition coefficient (Wildman–Crippen LogP) is 5.17. The van der Waals surface area contributed by atoms with Crippen molar-refractivity contribution in [3.63, 3.8) is 0 Å². The van der Waals surface area contributed by atoms with Crippen LogP contribution in [-0.4, -0.2) is 41.6 Å². The maximum Gasteiger partial charge on any atom is 0.257 e. The normalized spacial score (nSPS) is 13.8. The summed E-state index contributed by atoms with van der Waals surface area (Å²) in [6, 6.07) is 6.85. The van der Waals surface area contributed by atoms with Crippen LogP contribution in [0.25, 0.3) is 0 Å². The zero-order valence-electron chi connectivity index (χ0n) is 20.2. The smallest absolute Gasteiger partial charge is 0.257 e. The Kier molecular flexibility index (Phi) is 8.25. The summed E-state index contributed by atoms with van der Waals surface area (Å²) in [4.78, 5) is 17.9. The number of aliphatic imine (C=N–C) groups is 1. The highest BCUT2D eigenvalue weighted by molar-refractivity contribution is 6.40. The third-order valence-corrected chi connectivity index (χ3v) is 5.93. The first kappa shape index (κ1) is 25.2. The van der Waals surface area contributed by atoms with Gasteiger partial charge in [-0.1, -0.05) is 26.8 Å². The Morgan fingerprint density at radius 3 is 2.41 bits per heavy atom. The van der Waals surface area contributed by atoms with Crippen molar-refractivity contribution in [1.82, 2.24) is 4.90 Å². The molecule has 32 heavy (non-hydrogen) atoms. The molecule has 1 aromatic carbocycles. The molecular formula is C25H36N4O3. The molecule has 0 fully saturated rings. The molecule has 0 spiro atoms. The molecule has 7 nitrogen and oxygen atoms in total. The lowest BCUT2D eigenvalue weighted by Gasteiger charge is -2.21. The number of furan rings is 1. The first-order valence-electron chi connectivity index (χ1n) is 11.0. The van der Waals surface area contributed by atoms with E-state index in [9.17, 15) is 9.90 Å². The van der Waals surface area contributed by atoms with Gasteiger partial charge >= 0.3 is 0 Å². The molecule has 2 rings (SSSR count). The largest absolute Gasteiger partial charge is 0.505 e. The van der Waals surface area contributed by atoms with Gasteiger partial charge in [-0.05, 0) is 56.4 Å². The van der Waals surface area contributed by atoms with E-state index in [-0.39, 0.29) is 46.3 Å². The van der Waals surface area contributed by atoms with Crippen molar-refractivity contribution in [2.24, 2.45) is 22.6 Å². The fourth-order valence-corrected chi connectivity index (χ4v) is 3.64. The average molecular weight is 441 g/mol. The van der Waals surface area contributed by atoms with E-state index in [0.29, 0.717) is 5.92 Å². The Morgan fingerprint density at radius 2 is 1.88 bits per heavy atom. The van der Waals surface area contributed by atoms with Crippen LogP contribution in [0.5, 0.6) is 5.75 Å². The Bertz CT molecular complexity index is 985. The molecule has 4 N–H and O–H groups in total. The van der Waals surface area contributed by atoms with Crippen molar-refractivity contribution in [3.05, 3.63) is 46.9 Å². The molecule has 1 unspecified atom stereocenters. The Morgan fingerprint density at radius 1 is 1.22 bits per heavy atom. The second kappa shape index (κ2) is 10.5. The lowest BCUT2D eigenvalue weighted by molar-refractivity contribution is 0.0824. The average Bonchev–Trinajstić information content (AvgIpc) is 3.05. The van der Waals surface area contributed by atoms with Crippen LogP contribution in [0.15, 0.2) is 33.7 Å². The molecule has 0 aliphatic carbocycles. The van der Waals surface area contributed by atoms with E-state index in [1.54, 1.807) is 26.2 Å².